The molecule has 0 fully saturated rings. The number of hydrogen-bond acceptors (Lipinski definition) is 0. The lowest BCUT2D eigenvalue weighted by atomic mass is 9.65. The summed E-state index contributed by atoms with van der Waals surface area (Å²) in [7, 11) is 0. The van der Waals surface area contributed by atoms with E-state index in [9.17, 15) is 0 Å². The SMILES string of the molecule is CCCCC(C(C)C)C(C)(CC)CCC. The summed E-state index contributed by atoms with van der Waals surface area (Å²) in [4.78, 5) is 0. The van der Waals surface area contributed by atoms with Gasteiger partial charge in [0.05, 0.1) is 0 Å². The van der Waals surface area contributed by atoms with Crippen LogP contribution in [0.2, 0.25) is 0 Å². The Bertz CT molecular complexity index is 148. The van der Waals surface area contributed by atoms with Crippen LogP contribution in [0.3, 0.4) is 0 Å². The highest BCUT2D eigenvalue weighted by atomic mass is 14.4. The maximum atomic E-state index is 2.51. The van der Waals surface area contributed by atoms with E-state index < -0.39 is 0 Å². The van der Waals surface area contributed by atoms with Crippen molar-refractivity contribution in [1.29, 1.82) is 0 Å². The van der Waals surface area contributed by atoms with Gasteiger partial charge in [-0.15, -0.1) is 0 Å². The molecule has 0 saturated carbocycles. The van der Waals surface area contributed by atoms with E-state index in [0.717, 1.165) is 11.8 Å². The van der Waals surface area contributed by atoms with Crippen molar-refractivity contribution in [1.82, 2.24) is 0 Å². The zero-order chi connectivity index (χ0) is 11.9. The summed E-state index contributed by atoms with van der Waals surface area (Å²) in [6.45, 7) is 14.3. The lowest BCUT2D eigenvalue weighted by Gasteiger charge is -2.40. The molecule has 0 saturated heterocycles. The van der Waals surface area contributed by atoms with Crippen molar-refractivity contribution in [2.75, 3.05) is 0 Å². The molecular formula is C15H32. The van der Waals surface area contributed by atoms with E-state index in [0.29, 0.717) is 5.41 Å². The van der Waals surface area contributed by atoms with Crippen molar-refractivity contribution in [2.45, 2.75) is 80.1 Å². The van der Waals surface area contributed by atoms with E-state index in [1.54, 1.807) is 0 Å². The van der Waals surface area contributed by atoms with Crippen molar-refractivity contribution < 1.29 is 0 Å². The second-order valence-corrected chi connectivity index (χ2v) is 5.75. The third-order valence-corrected chi connectivity index (χ3v) is 4.20. The fourth-order valence-corrected chi connectivity index (χ4v) is 3.11. The van der Waals surface area contributed by atoms with Gasteiger partial charge in [0.1, 0.15) is 0 Å². The first-order valence-corrected chi connectivity index (χ1v) is 7.01. The third kappa shape index (κ3) is 4.57. The van der Waals surface area contributed by atoms with Crippen LogP contribution in [0.25, 0.3) is 0 Å². The Morgan fingerprint density at radius 3 is 1.93 bits per heavy atom. The highest BCUT2D eigenvalue weighted by Crippen LogP contribution is 2.42. The summed E-state index contributed by atoms with van der Waals surface area (Å²) in [5.74, 6) is 1.76. The highest BCUT2D eigenvalue weighted by molar-refractivity contribution is 4.83. The van der Waals surface area contributed by atoms with Gasteiger partial charge in [0, 0.05) is 0 Å². The lowest BCUT2D eigenvalue weighted by Crippen LogP contribution is -2.30. The second kappa shape index (κ2) is 7.30. The van der Waals surface area contributed by atoms with Crippen LogP contribution in [-0.2, 0) is 0 Å². The summed E-state index contributed by atoms with van der Waals surface area (Å²) >= 11 is 0. The summed E-state index contributed by atoms with van der Waals surface area (Å²) in [5.41, 5.74) is 0.581. The van der Waals surface area contributed by atoms with E-state index in [4.69, 9.17) is 0 Å². The van der Waals surface area contributed by atoms with Gasteiger partial charge in [-0.25, -0.2) is 0 Å². The average Bonchev–Trinajstić information content (AvgIpc) is 2.18. The predicted octanol–water partition coefficient (Wildman–Crippen LogP) is 5.67. The molecule has 0 heterocycles. The Morgan fingerprint density at radius 1 is 1.00 bits per heavy atom. The van der Waals surface area contributed by atoms with Crippen LogP contribution < -0.4 is 0 Å². The van der Waals surface area contributed by atoms with E-state index in [2.05, 4.69) is 41.5 Å². The molecule has 0 bridgehead atoms. The first-order valence-electron chi connectivity index (χ1n) is 7.01. The molecule has 15 heavy (non-hydrogen) atoms. The largest absolute Gasteiger partial charge is 0.0654 e. The van der Waals surface area contributed by atoms with Gasteiger partial charge < -0.3 is 0 Å². The molecule has 92 valence electrons. The minimum absolute atomic E-state index is 0.581. The molecule has 0 radical (unpaired) electrons. The Kier molecular flexibility index (Phi) is 7.30. The molecule has 0 rings (SSSR count). The third-order valence-electron chi connectivity index (χ3n) is 4.20. The van der Waals surface area contributed by atoms with Crippen molar-refractivity contribution in [3.63, 3.8) is 0 Å². The predicted molar refractivity (Wildman–Crippen MR) is 71.2 cm³/mol. The Hall–Kier alpha value is 0. The Morgan fingerprint density at radius 2 is 1.60 bits per heavy atom. The van der Waals surface area contributed by atoms with Crippen LogP contribution in [0, 0.1) is 17.3 Å². The molecule has 0 N–H and O–H groups in total. The minimum atomic E-state index is 0.581. The van der Waals surface area contributed by atoms with E-state index in [1.807, 2.05) is 0 Å². The molecule has 0 aromatic rings. The van der Waals surface area contributed by atoms with E-state index >= 15 is 0 Å². The zero-order valence-electron chi connectivity index (χ0n) is 11.9. The molecule has 0 aromatic carbocycles. The molecule has 0 aliphatic rings. The molecule has 2 atom stereocenters. The molecule has 0 spiro atoms. The second-order valence-electron chi connectivity index (χ2n) is 5.75. The minimum Gasteiger partial charge on any atom is -0.0654 e. The maximum absolute atomic E-state index is 2.51. The molecule has 0 aliphatic heterocycles. The molecule has 0 aliphatic carbocycles. The van der Waals surface area contributed by atoms with Crippen LogP contribution in [-0.4, -0.2) is 0 Å². The highest BCUT2D eigenvalue weighted by Gasteiger charge is 2.32. The standard InChI is InChI=1S/C15H32/c1-7-10-11-14(13(4)5)15(6,9-3)12-8-2/h13-14H,7-12H2,1-6H3. The topological polar surface area (TPSA) is 0 Å². The van der Waals surface area contributed by atoms with Gasteiger partial charge in [0.15, 0.2) is 0 Å². The fourth-order valence-electron chi connectivity index (χ4n) is 3.11. The monoisotopic (exact) mass is 212 g/mol. The van der Waals surface area contributed by atoms with Crippen LogP contribution in [0.15, 0.2) is 0 Å². The number of hydrogen-bond donors (Lipinski definition) is 0. The van der Waals surface area contributed by atoms with Crippen molar-refractivity contribution in [3.05, 3.63) is 0 Å². The van der Waals surface area contributed by atoms with E-state index in [-0.39, 0.29) is 0 Å². The maximum Gasteiger partial charge on any atom is -0.0298 e. The van der Waals surface area contributed by atoms with Gasteiger partial charge in [-0.3, -0.25) is 0 Å². The normalized spacial score (nSPS) is 17.8. The van der Waals surface area contributed by atoms with Crippen LogP contribution in [0.5, 0.6) is 0 Å². The molecule has 0 heteroatoms. The number of unbranched alkanes of at least 4 members (excludes halogenated alkanes) is 1. The summed E-state index contributed by atoms with van der Waals surface area (Å²) in [5, 5.41) is 0. The lowest BCUT2D eigenvalue weighted by molar-refractivity contribution is 0.103. The molecular weight excluding hydrogens is 180 g/mol. The van der Waals surface area contributed by atoms with Crippen molar-refractivity contribution in [2.24, 2.45) is 17.3 Å². The quantitative estimate of drug-likeness (QED) is 0.486. The Labute approximate surface area is 97.8 Å². The smallest absolute Gasteiger partial charge is 0.0298 e. The fraction of sp³-hybridized carbons (Fsp3) is 1.00. The van der Waals surface area contributed by atoms with Crippen LogP contribution >= 0.6 is 0 Å². The molecule has 2 unspecified atom stereocenters. The van der Waals surface area contributed by atoms with Gasteiger partial charge in [0.25, 0.3) is 0 Å². The summed E-state index contributed by atoms with van der Waals surface area (Å²) < 4.78 is 0. The van der Waals surface area contributed by atoms with Crippen molar-refractivity contribution in [3.8, 4) is 0 Å². The van der Waals surface area contributed by atoms with Gasteiger partial charge in [-0.05, 0) is 30.1 Å². The van der Waals surface area contributed by atoms with Gasteiger partial charge in [-0.2, -0.15) is 0 Å². The first-order chi connectivity index (χ1) is 7.01. The van der Waals surface area contributed by atoms with E-state index in [1.165, 1.54) is 38.5 Å². The van der Waals surface area contributed by atoms with Gasteiger partial charge in [0.2, 0.25) is 0 Å². The molecule has 0 nitrogen and oxygen atoms in total. The van der Waals surface area contributed by atoms with Gasteiger partial charge >= 0.3 is 0 Å². The number of rotatable bonds is 8. The molecule has 0 amide bonds. The first kappa shape index (κ1) is 15.0. The van der Waals surface area contributed by atoms with Crippen LogP contribution in [0.4, 0.5) is 0 Å². The zero-order valence-corrected chi connectivity index (χ0v) is 11.9. The summed E-state index contributed by atoms with van der Waals surface area (Å²) in [6.07, 6.45) is 8.25. The van der Waals surface area contributed by atoms with Crippen LogP contribution in [0.1, 0.15) is 80.1 Å². The van der Waals surface area contributed by atoms with Gasteiger partial charge in [-0.1, -0.05) is 67.2 Å². The Balaban J connectivity index is 4.53. The molecule has 0 aromatic heterocycles. The summed E-state index contributed by atoms with van der Waals surface area (Å²) in [6, 6.07) is 0. The van der Waals surface area contributed by atoms with Crippen molar-refractivity contribution >= 4 is 0 Å². The average molecular weight is 212 g/mol.